The van der Waals surface area contributed by atoms with Crippen LogP contribution in [0.15, 0.2) is 30.3 Å². The highest BCUT2D eigenvalue weighted by Crippen LogP contribution is 2.30. The molecule has 6 heteroatoms. The fourth-order valence-electron chi connectivity index (χ4n) is 3.82. The third-order valence-corrected chi connectivity index (χ3v) is 6.83. The fraction of sp³-hybridized carbons (Fsp3) is 0.429. The van der Waals surface area contributed by atoms with Crippen LogP contribution in [-0.2, 0) is 13.0 Å². The third-order valence-electron chi connectivity index (χ3n) is 5.35. The van der Waals surface area contributed by atoms with Gasteiger partial charge in [-0.05, 0) is 55.2 Å². The first-order valence-electron chi connectivity index (χ1n) is 9.57. The van der Waals surface area contributed by atoms with Gasteiger partial charge in [-0.25, -0.2) is 0 Å². The van der Waals surface area contributed by atoms with E-state index in [1.165, 1.54) is 17.7 Å². The molecule has 1 aromatic heterocycles. The maximum absolute atomic E-state index is 12.9. The molecule has 0 bridgehead atoms. The minimum atomic E-state index is 0.0175. The molecule has 0 radical (unpaired) electrons. The summed E-state index contributed by atoms with van der Waals surface area (Å²) in [6, 6.07) is 9.03. The van der Waals surface area contributed by atoms with Crippen LogP contribution >= 0.6 is 22.9 Å². The number of likely N-dealkylation sites (tertiary alicyclic amines) is 1. The highest BCUT2D eigenvalue weighted by molar-refractivity contribution is 7.14. The molecule has 0 spiro atoms. The molecule has 3 heterocycles. The van der Waals surface area contributed by atoms with Gasteiger partial charge in [0.1, 0.15) is 0 Å². The molecule has 142 valence electrons. The normalized spacial score (nSPS) is 17.4. The topological polar surface area (TPSA) is 40.6 Å². The van der Waals surface area contributed by atoms with Crippen molar-refractivity contribution in [3.05, 3.63) is 56.2 Å². The van der Waals surface area contributed by atoms with Gasteiger partial charge in [0.2, 0.25) is 0 Å². The van der Waals surface area contributed by atoms with E-state index in [0.717, 1.165) is 42.8 Å². The van der Waals surface area contributed by atoms with E-state index in [-0.39, 0.29) is 11.8 Å². The number of halogens is 1. The second-order valence-electron chi connectivity index (χ2n) is 7.25. The van der Waals surface area contributed by atoms with Gasteiger partial charge in [-0.2, -0.15) is 0 Å². The minimum Gasteiger partial charge on any atom is -0.338 e. The Morgan fingerprint density at radius 3 is 2.30 bits per heavy atom. The van der Waals surface area contributed by atoms with Crippen LogP contribution in [0.1, 0.15) is 56.2 Å². The summed E-state index contributed by atoms with van der Waals surface area (Å²) < 4.78 is 0. The van der Waals surface area contributed by atoms with Crippen molar-refractivity contribution in [1.82, 2.24) is 9.80 Å². The molecule has 1 saturated heterocycles. The van der Waals surface area contributed by atoms with Gasteiger partial charge < -0.3 is 9.80 Å². The molecule has 4 rings (SSSR count). The first-order valence-corrected chi connectivity index (χ1v) is 10.8. The molecule has 1 aromatic carbocycles. The molecule has 0 atom stereocenters. The predicted molar refractivity (Wildman–Crippen MR) is 109 cm³/mol. The monoisotopic (exact) mass is 402 g/mol. The Morgan fingerprint density at radius 2 is 1.59 bits per heavy atom. The van der Waals surface area contributed by atoms with Crippen LogP contribution in [0.4, 0.5) is 0 Å². The van der Waals surface area contributed by atoms with Gasteiger partial charge in [-0.15, -0.1) is 11.3 Å². The highest BCUT2D eigenvalue weighted by atomic mass is 35.5. The number of rotatable bonds is 2. The lowest BCUT2D eigenvalue weighted by Crippen LogP contribution is -2.35. The quantitative estimate of drug-likeness (QED) is 0.735. The summed E-state index contributed by atoms with van der Waals surface area (Å²) in [5.74, 6) is 0.177. The zero-order chi connectivity index (χ0) is 18.8. The highest BCUT2D eigenvalue weighted by Gasteiger charge is 2.26. The summed E-state index contributed by atoms with van der Waals surface area (Å²) in [4.78, 5) is 31.6. The molecule has 0 aliphatic carbocycles. The predicted octanol–water partition coefficient (Wildman–Crippen LogP) is 4.62. The van der Waals surface area contributed by atoms with E-state index < -0.39 is 0 Å². The standard InChI is InChI=1S/C21H23ClN2O2S/c22-17-7-5-15(6-8-17)20(25)24-12-9-18-16(14-24)13-19(27-18)21(26)23-10-3-1-2-4-11-23/h5-8,13H,1-4,9-12,14H2. The summed E-state index contributed by atoms with van der Waals surface area (Å²) in [6.45, 7) is 2.98. The van der Waals surface area contributed by atoms with Crippen LogP contribution in [0.25, 0.3) is 0 Å². The Bertz CT molecular complexity index is 838. The molecule has 27 heavy (non-hydrogen) atoms. The van der Waals surface area contributed by atoms with Gasteiger partial charge in [-0.1, -0.05) is 24.4 Å². The minimum absolute atomic E-state index is 0.0175. The lowest BCUT2D eigenvalue weighted by molar-refractivity contribution is 0.0735. The third kappa shape index (κ3) is 4.04. The van der Waals surface area contributed by atoms with Crippen molar-refractivity contribution in [2.45, 2.75) is 38.6 Å². The van der Waals surface area contributed by atoms with Gasteiger partial charge in [-0.3, -0.25) is 9.59 Å². The summed E-state index contributed by atoms with van der Waals surface area (Å²) in [6.07, 6.45) is 5.44. The molecule has 1 fully saturated rings. The molecular weight excluding hydrogens is 380 g/mol. The van der Waals surface area contributed by atoms with Crippen molar-refractivity contribution in [2.75, 3.05) is 19.6 Å². The maximum atomic E-state index is 12.9. The first kappa shape index (κ1) is 18.5. The van der Waals surface area contributed by atoms with E-state index in [1.807, 2.05) is 15.9 Å². The van der Waals surface area contributed by atoms with Crippen molar-refractivity contribution in [3.8, 4) is 0 Å². The van der Waals surface area contributed by atoms with Crippen molar-refractivity contribution < 1.29 is 9.59 Å². The van der Waals surface area contributed by atoms with Gasteiger partial charge in [0.15, 0.2) is 0 Å². The van der Waals surface area contributed by atoms with Gasteiger partial charge >= 0.3 is 0 Å². The number of carbonyl (C=O) groups is 2. The number of thiophene rings is 1. The largest absolute Gasteiger partial charge is 0.338 e. The van der Waals surface area contributed by atoms with E-state index in [2.05, 4.69) is 0 Å². The molecule has 0 unspecified atom stereocenters. The molecule has 2 amide bonds. The SMILES string of the molecule is O=C(c1ccc(Cl)cc1)N1CCc2sc(C(=O)N3CCCCCC3)cc2C1. The van der Waals surface area contributed by atoms with Gasteiger partial charge in [0.25, 0.3) is 11.8 Å². The van der Waals surface area contributed by atoms with Crippen LogP contribution in [0.2, 0.25) is 5.02 Å². The lowest BCUT2D eigenvalue weighted by Gasteiger charge is -2.27. The Hall–Kier alpha value is -1.85. The van der Waals surface area contributed by atoms with Crippen LogP contribution in [-0.4, -0.2) is 41.2 Å². The number of carbonyl (C=O) groups excluding carboxylic acids is 2. The second-order valence-corrected chi connectivity index (χ2v) is 8.82. The van der Waals surface area contributed by atoms with Crippen molar-refractivity contribution in [2.24, 2.45) is 0 Å². The molecule has 4 nitrogen and oxygen atoms in total. The van der Waals surface area contributed by atoms with Crippen LogP contribution in [0.3, 0.4) is 0 Å². The average Bonchev–Trinajstić information content (AvgIpc) is 2.92. The summed E-state index contributed by atoms with van der Waals surface area (Å²) in [5.41, 5.74) is 1.77. The lowest BCUT2D eigenvalue weighted by atomic mass is 10.1. The van der Waals surface area contributed by atoms with E-state index >= 15 is 0 Å². The van der Waals surface area contributed by atoms with E-state index in [0.29, 0.717) is 23.7 Å². The van der Waals surface area contributed by atoms with Crippen LogP contribution in [0.5, 0.6) is 0 Å². The maximum Gasteiger partial charge on any atom is 0.263 e. The molecule has 2 aliphatic rings. The Labute approximate surface area is 168 Å². The smallest absolute Gasteiger partial charge is 0.263 e. The summed E-state index contributed by atoms with van der Waals surface area (Å²) in [7, 11) is 0. The fourth-order valence-corrected chi connectivity index (χ4v) is 5.07. The average molecular weight is 403 g/mol. The number of hydrogen-bond donors (Lipinski definition) is 0. The molecule has 2 aliphatic heterocycles. The number of benzene rings is 1. The zero-order valence-corrected chi connectivity index (χ0v) is 16.8. The number of nitrogens with zero attached hydrogens (tertiary/aromatic N) is 2. The van der Waals surface area contributed by atoms with Crippen LogP contribution in [0, 0.1) is 0 Å². The Balaban J connectivity index is 1.48. The van der Waals surface area contributed by atoms with E-state index in [1.54, 1.807) is 35.6 Å². The Morgan fingerprint density at radius 1 is 0.889 bits per heavy atom. The van der Waals surface area contributed by atoms with Crippen LogP contribution < -0.4 is 0 Å². The second kappa shape index (κ2) is 8.03. The summed E-state index contributed by atoms with van der Waals surface area (Å²) >= 11 is 7.53. The zero-order valence-electron chi connectivity index (χ0n) is 15.2. The summed E-state index contributed by atoms with van der Waals surface area (Å²) in [5, 5.41) is 0.627. The van der Waals surface area contributed by atoms with E-state index in [9.17, 15) is 9.59 Å². The number of amides is 2. The van der Waals surface area contributed by atoms with Gasteiger partial charge in [0.05, 0.1) is 4.88 Å². The van der Waals surface area contributed by atoms with Crippen molar-refractivity contribution >= 4 is 34.8 Å². The van der Waals surface area contributed by atoms with E-state index in [4.69, 9.17) is 11.6 Å². The molecular formula is C21H23ClN2O2S. The van der Waals surface area contributed by atoms with Crippen molar-refractivity contribution in [3.63, 3.8) is 0 Å². The Kier molecular flexibility index (Phi) is 5.50. The number of fused-ring (bicyclic) bond motifs is 1. The molecule has 2 aromatic rings. The van der Waals surface area contributed by atoms with Crippen molar-refractivity contribution in [1.29, 1.82) is 0 Å². The number of hydrogen-bond acceptors (Lipinski definition) is 3. The molecule has 0 saturated carbocycles. The van der Waals surface area contributed by atoms with Gasteiger partial charge in [0, 0.05) is 41.6 Å². The first-order chi connectivity index (χ1) is 13.1. The molecule has 0 N–H and O–H groups in total.